The summed E-state index contributed by atoms with van der Waals surface area (Å²) < 4.78 is 11.7. The highest BCUT2D eigenvalue weighted by Gasteiger charge is 2.19. The topological polar surface area (TPSA) is 79.3 Å². The number of nitrogens with zero attached hydrogens (tertiary/aromatic N) is 2. The Balaban J connectivity index is 4.35. The molecule has 0 radical (unpaired) electrons. The number of rotatable bonds is 49. The van der Waals surface area contributed by atoms with Crippen molar-refractivity contribution in [2.24, 2.45) is 5.92 Å². The lowest BCUT2D eigenvalue weighted by molar-refractivity contribution is -0.149. The Morgan fingerprint density at radius 2 is 0.700 bits per heavy atom. The first-order chi connectivity index (χ1) is 29.5. The van der Waals surface area contributed by atoms with Gasteiger partial charge in [0.2, 0.25) is 0 Å². The van der Waals surface area contributed by atoms with Crippen molar-refractivity contribution >= 4 is 12.1 Å². The molecule has 0 rings (SSSR count). The molecule has 0 aliphatic heterocycles. The van der Waals surface area contributed by atoms with E-state index in [-0.39, 0.29) is 24.6 Å². The molecular weight excluding hydrogens is 745 g/mol. The summed E-state index contributed by atoms with van der Waals surface area (Å²) >= 11 is 0. The molecule has 358 valence electrons. The number of amides is 1. The molecule has 0 aromatic heterocycles. The minimum atomic E-state index is -0.0943. The van der Waals surface area contributed by atoms with E-state index in [1.165, 1.54) is 167 Å². The van der Waals surface area contributed by atoms with Gasteiger partial charge in [-0.25, -0.2) is 4.79 Å². The first kappa shape index (κ1) is 58.7. The monoisotopic (exact) mass is 851 g/mol. The normalized spacial score (nSPS) is 11.6. The van der Waals surface area contributed by atoms with Gasteiger partial charge in [-0.05, 0) is 83.8 Å². The molecule has 0 unspecified atom stereocenters. The molecular formula is C53H106N2O5. The van der Waals surface area contributed by atoms with Gasteiger partial charge in [0.05, 0.1) is 19.1 Å². The van der Waals surface area contributed by atoms with E-state index in [1.54, 1.807) is 0 Å². The Morgan fingerprint density at radius 3 is 1.10 bits per heavy atom. The van der Waals surface area contributed by atoms with Gasteiger partial charge in [0.25, 0.3) is 0 Å². The minimum Gasteiger partial charge on any atom is -0.465 e. The van der Waals surface area contributed by atoms with Crippen molar-refractivity contribution in [3.8, 4) is 0 Å². The summed E-state index contributed by atoms with van der Waals surface area (Å²) in [5, 5.41) is 9.36. The third-order valence-corrected chi connectivity index (χ3v) is 12.6. The van der Waals surface area contributed by atoms with E-state index in [0.29, 0.717) is 13.2 Å². The zero-order chi connectivity index (χ0) is 43.8. The Bertz CT molecular complexity index is 840. The molecule has 60 heavy (non-hydrogen) atoms. The van der Waals surface area contributed by atoms with Gasteiger partial charge >= 0.3 is 12.1 Å². The maximum absolute atomic E-state index is 13.1. The largest absolute Gasteiger partial charge is 0.465 e. The van der Waals surface area contributed by atoms with E-state index in [2.05, 4.69) is 32.6 Å². The van der Waals surface area contributed by atoms with Gasteiger partial charge in [0.1, 0.15) is 0 Å². The van der Waals surface area contributed by atoms with E-state index in [1.807, 2.05) is 4.90 Å². The third-order valence-electron chi connectivity index (χ3n) is 12.6. The quantitative estimate of drug-likeness (QED) is 0.0485. The molecule has 0 bridgehead atoms. The van der Waals surface area contributed by atoms with Crippen LogP contribution >= 0.6 is 0 Å². The lowest BCUT2D eigenvalue weighted by atomic mass is 9.94. The molecule has 0 atom stereocenters. The van der Waals surface area contributed by atoms with Crippen LogP contribution in [0.15, 0.2) is 0 Å². The van der Waals surface area contributed by atoms with E-state index in [9.17, 15) is 14.7 Å². The molecule has 0 spiro atoms. The van der Waals surface area contributed by atoms with Crippen molar-refractivity contribution in [1.82, 2.24) is 9.80 Å². The molecule has 7 heteroatoms. The van der Waals surface area contributed by atoms with Crippen LogP contribution in [0.3, 0.4) is 0 Å². The van der Waals surface area contributed by atoms with Crippen LogP contribution in [-0.4, -0.2) is 79.5 Å². The number of aliphatic hydroxyl groups excluding tert-OH is 1. The number of hydrogen-bond donors (Lipinski definition) is 1. The lowest BCUT2D eigenvalue weighted by Crippen LogP contribution is -2.33. The molecule has 1 amide bonds. The molecule has 0 aliphatic carbocycles. The highest BCUT2D eigenvalue weighted by molar-refractivity contribution is 5.72. The molecule has 0 heterocycles. The Hall–Kier alpha value is -1.34. The fourth-order valence-electron chi connectivity index (χ4n) is 8.44. The third kappa shape index (κ3) is 40.7. The SMILES string of the molecule is CCCCCCCCC(CCCCCCCC)C(=O)OCCCCCCN(CCCCO)CCCCCCCCOC(=O)N(CCCCCCCC)CCCCCCCC. The minimum absolute atomic E-state index is 0.0649. The van der Waals surface area contributed by atoms with Crippen LogP contribution in [0, 0.1) is 5.92 Å². The maximum atomic E-state index is 13.1. The van der Waals surface area contributed by atoms with Crippen LogP contribution < -0.4 is 0 Å². The number of hydrogen-bond acceptors (Lipinski definition) is 6. The van der Waals surface area contributed by atoms with Gasteiger partial charge < -0.3 is 24.4 Å². The van der Waals surface area contributed by atoms with E-state index < -0.39 is 0 Å². The standard InChI is InChI=1S/C53H106N2O5/c1-5-9-13-17-23-31-41-51(42-32-24-18-14-10-6-2)52(57)59-49-39-30-28-34-44-54(45-37-38-48-56)43-33-25-21-22-29-40-50-60-53(58)55(46-35-26-19-15-11-7-3)47-36-27-20-16-12-8-4/h51,56H,5-50H2,1-4H3. The number of carbonyl (C=O) groups excluding carboxylic acids is 2. The molecule has 0 saturated carbocycles. The Kier molecular flexibility index (Phi) is 47.6. The van der Waals surface area contributed by atoms with Crippen molar-refractivity contribution in [3.63, 3.8) is 0 Å². The number of unbranched alkanes of at least 4 members (excludes halogenated alkanes) is 29. The van der Waals surface area contributed by atoms with Gasteiger partial charge in [-0.15, -0.1) is 0 Å². The number of aliphatic hydroxyl groups is 1. The molecule has 0 aromatic rings. The van der Waals surface area contributed by atoms with Gasteiger partial charge in [-0.2, -0.15) is 0 Å². The summed E-state index contributed by atoms with van der Waals surface area (Å²) in [6, 6.07) is 0. The molecule has 0 saturated heterocycles. The van der Waals surface area contributed by atoms with Crippen molar-refractivity contribution in [1.29, 1.82) is 0 Å². The van der Waals surface area contributed by atoms with Crippen LogP contribution in [0.5, 0.6) is 0 Å². The molecule has 0 aliphatic rings. The summed E-state index contributed by atoms with van der Waals surface area (Å²) in [4.78, 5) is 30.7. The first-order valence-corrected chi connectivity index (χ1v) is 26.9. The molecule has 0 aromatic carbocycles. The molecule has 7 nitrogen and oxygen atoms in total. The van der Waals surface area contributed by atoms with E-state index in [0.717, 1.165) is 110 Å². The van der Waals surface area contributed by atoms with Crippen molar-refractivity contribution < 1.29 is 24.2 Å². The van der Waals surface area contributed by atoms with Gasteiger partial charge in [0, 0.05) is 19.7 Å². The lowest BCUT2D eigenvalue weighted by Gasteiger charge is -2.22. The van der Waals surface area contributed by atoms with Crippen molar-refractivity contribution in [2.75, 3.05) is 52.5 Å². The predicted molar refractivity (Wildman–Crippen MR) is 259 cm³/mol. The average Bonchev–Trinajstić information content (AvgIpc) is 3.25. The van der Waals surface area contributed by atoms with Crippen LogP contribution in [0.4, 0.5) is 4.79 Å². The van der Waals surface area contributed by atoms with Crippen molar-refractivity contribution in [3.05, 3.63) is 0 Å². The van der Waals surface area contributed by atoms with Crippen LogP contribution in [0.2, 0.25) is 0 Å². The van der Waals surface area contributed by atoms with Gasteiger partial charge in [-0.3, -0.25) is 4.79 Å². The van der Waals surface area contributed by atoms with Crippen LogP contribution in [0.1, 0.15) is 272 Å². The zero-order valence-corrected chi connectivity index (χ0v) is 41.1. The van der Waals surface area contributed by atoms with E-state index >= 15 is 0 Å². The second-order valence-electron chi connectivity index (χ2n) is 18.4. The Morgan fingerprint density at radius 1 is 0.383 bits per heavy atom. The fraction of sp³-hybridized carbons (Fsp3) is 0.962. The number of ether oxygens (including phenoxy) is 2. The number of carbonyl (C=O) groups is 2. The van der Waals surface area contributed by atoms with E-state index in [4.69, 9.17) is 9.47 Å². The fourth-order valence-corrected chi connectivity index (χ4v) is 8.44. The van der Waals surface area contributed by atoms with Gasteiger partial charge in [0.15, 0.2) is 0 Å². The molecule has 0 fully saturated rings. The zero-order valence-electron chi connectivity index (χ0n) is 41.1. The van der Waals surface area contributed by atoms with Crippen LogP contribution in [0.25, 0.3) is 0 Å². The predicted octanol–water partition coefficient (Wildman–Crippen LogP) is 15.8. The second-order valence-corrected chi connectivity index (χ2v) is 18.4. The first-order valence-electron chi connectivity index (χ1n) is 26.9. The summed E-state index contributed by atoms with van der Waals surface area (Å²) in [6.45, 7) is 15.4. The highest BCUT2D eigenvalue weighted by atomic mass is 16.6. The number of esters is 1. The summed E-state index contributed by atoms with van der Waals surface area (Å²) in [7, 11) is 0. The summed E-state index contributed by atoms with van der Waals surface area (Å²) in [5.74, 6) is 0.157. The smallest absolute Gasteiger partial charge is 0.409 e. The second kappa shape index (κ2) is 48.7. The summed E-state index contributed by atoms with van der Waals surface area (Å²) in [6.07, 6.45) is 45.4. The molecule has 1 N–H and O–H groups in total. The average molecular weight is 851 g/mol. The Labute approximate surface area is 375 Å². The van der Waals surface area contributed by atoms with Gasteiger partial charge in [-0.1, -0.05) is 207 Å². The van der Waals surface area contributed by atoms with Crippen molar-refractivity contribution in [2.45, 2.75) is 272 Å². The highest BCUT2D eigenvalue weighted by Crippen LogP contribution is 2.21. The maximum Gasteiger partial charge on any atom is 0.409 e. The summed E-state index contributed by atoms with van der Waals surface area (Å²) in [5.41, 5.74) is 0. The van der Waals surface area contributed by atoms with Crippen LogP contribution in [-0.2, 0) is 14.3 Å².